The number of nitrogens with one attached hydrogen (secondary N) is 2. The molecule has 0 radical (unpaired) electrons. The van der Waals surface area contributed by atoms with E-state index >= 15 is 0 Å². The lowest BCUT2D eigenvalue weighted by molar-refractivity contribution is -0.158. The molecule has 34 heavy (non-hydrogen) atoms. The number of carbonyl (C=O) groups is 3. The van der Waals surface area contributed by atoms with Crippen molar-refractivity contribution in [3.63, 3.8) is 0 Å². The second-order valence-electron chi connectivity index (χ2n) is 12.5. The van der Waals surface area contributed by atoms with Crippen LogP contribution in [0.5, 0.6) is 0 Å². The standard InChI is InChI=1S/C26H42N4O4/c1-23(2,3)26(13-8-9-14-27-26)21(32)28-18-12-15-30(20(18)31)19-11-10-17(29-24(4,5)6)16-25(19,7)22(33)34/h8-9,14,17-19,29H,10-13,15-16H2,1-7H3,(H,28,32)(H,33,34)/t17-,18+,19+,25-,26?/m1/s1. The van der Waals surface area contributed by atoms with Gasteiger partial charge < -0.3 is 20.6 Å². The van der Waals surface area contributed by atoms with Crippen LogP contribution in [0.2, 0.25) is 0 Å². The minimum atomic E-state index is -1.05. The van der Waals surface area contributed by atoms with E-state index in [-0.39, 0.29) is 23.4 Å². The highest BCUT2D eigenvalue weighted by molar-refractivity contribution is 5.96. The Labute approximate surface area is 203 Å². The molecular weight excluding hydrogens is 432 g/mol. The van der Waals surface area contributed by atoms with Gasteiger partial charge in [0.1, 0.15) is 11.6 Å². The molecule has 3 N–H and O–H groups in total. The van der Waals surface area contributed by atoms with Crippen LogP contribution in [-0.2, 0) is 14.4 Å². The summed E-state index contributed by atoms with van der Waals surface area (Å²) in [6.07, 6.45) is 8.24. The third-order valence-electron chi connectivity index (χ3n) is 7.79. The van der Waals surface area contributed by atoms with E-state index in [1.807, 2.05) is 32.9 Å². The number of aliphatic imine (C=N–C) groups is 1. The van der Waals surface area contributed by atoms with E-state index in [1.54, 1.807) is 18.0 Å². The molecule has 1 saturated heterocycles. The summed E-state index contributed by atoms with van der Waals surface area (Å²) in [5.74, 6) is -1.32. The molecule has 8 heteroatoms. The van der Waals surface area contributed by atoms with Crippen molar-refractivity contribution < 1.29 is 19.5 Å². The lowest BCUT2D eigenvalue weighted by atomic mass is 9.68. The van der Waals surface area contributed by atoms with Gasteiger partial charge in [0.15, 0.2) is 0 Å². The molecular formula is C26H42N4O4. The molecule has 0 spiro atoms. The van der Waals surface area contributed by atoms with Crippen LogP contribution in [0.15, 0.2) is 17.1 Å². The molecule has 1 saturated carbocycles. The summed E-state index contributed by atoms with van der Waals surface area (Å²) in [5, 5.41) is 16.7. The minimum absolute atomic E-state index is 0.0782. The molecule has 0 aromatic carbocycles. The van der Waals surface area contributed by atoms with E-state index < -0.39 is 34.4 Å². The second kappa shape index (κ2) is 9.10. The van der Waals surface area contributed by atoms with Crippen LogP contribution in [-0.4, -0.2) is 69.8 Å². The Morgan fingerprint density at radius 1 is 1.15 bits per heavy atom. The third kappa shape index (κ3) is 4.92. The number of carboxylic acids is 1. The van der Waals surface area contributed by atoms with Crippen molar-refractivity contribution in [2.75, 3.05) is 6.54 Å². The van der Waals surface area contributed by atoms with E-state index in [0.29, 0.717) is 32.2 Å². The topological polar surface area (TPSA) is 111 Å². The van der Waals surface area contributed by atoms with E-state index in [2.05, 4.69) is 36.4 Å². The summed E-state index contributed by atoms with van der Waals surface area (Å²) in [7, 11) is 0. The second-order valence-corrected chi connectivity index (χ2v) is 12.5. The van der Waals surface area contributed by atoms with Crippen LogP contribution in [0, 0.1) is 10.8 Å². The number of amides is 2. The first-order valence-electron chi connectivity index (χ1n) is 12.4. The molecule has 3 aliphatic rings. The highest BCUT2D eigenvalue weighted by atomic mass is 16.4. The van der Waals surface area contributed by atoms with Gasteiger partial charge in [0.25, 0.3) is 0 Å². The Morgan fingerprint density at radius 2 is 1.82 bits per heavy atom. The van der Waals surface area contributed by atoms with Crippen molar-refractivity contribution in [1.29, 1.82) is 0 Å². The molecule has 2 amide bonds. The average molecular weight is 475 g/mol. The summed E-state index contributed by atoms with van der Waals surface area (Å²) >= 11 is 0. The first-order valence-corrected chi connectivity index (χ1v) is 12.4. The van der Waals surface area contributed by atoms with E-state index in [4.69, 9.17) is 0 Å². The number of carbonyl (C=O) groups excluding carboxylic acids is 2. The Morgan fingerprint density at radius 3 is 2.35 bits per heavy atom. The van der Waals surface area contributed by atoms with Gasteiger partial charge in [-0.1, -0.05) is 26.8 Å². The van der Waals surface area contributed by atoms with Gasteiger partial charge in [0, 0.05) is 36.8 Å². The summed E-state index contributed by atoms with van der Waals surface area (Å²) in [5.41, 5.74) is -2.57. The number of allylic oxidation sites excluding steroid dienone is 1. The highest BCUT2D eigenvalue weighted by Crippen LogP contribution is 2.42. The normalized spacial score (nSPS) is 34.4. The number of hydrogen-bond donors (Lipinski definition) is 3. The van der Waals surface area contributed by atoms with Crippen molar-refractivity contribution in [1.82, 2.24) is 15.5 Å². The minimum Gasteiger partial charge on any atom is -0.481 e. The van der Waals surface area contributed by atoms with Crippen LogP contribution in [0.4, 0.5) is 0 Å². The Bertz CT molecular complexity index is 884. The summed E-state index contributed by atoms with van der Waals surface area (Å²) in [6.45, 7) is 14.4. The van der Waals surface area contributed by atoms with Crippen molar-refractivity contribution in [3.05, 3.63) is 12.2 Å². The first kappa shape index (κ1) is 26.4. The Hall–Kier alpha value is -2.22. The van der Waals surface area contributed by atoms with Gasteiger partial charge >= 0.3 is 5.97 Å². The highest BCUT2D eigenvalue weighted by Gasteiger charge is 2.54. The maximum atomic E-state index is 13.4. The number of dihydropyridines is 1. The van der Waals surface area contributed by atoms with Crippen molar-refractivity contribution in [2.45, 2.75) is 110 Å². The van der Waals surface area contributed by atoms with Gasteiger partial charge in [-0.3, -0.25) is 19.4 Å². The Kier molecular flexibility index (Phi) is 7.06. The van der Waals surface area contributed by atoms with E-state index in [1.165, 1.54) is 0 Å². The fourth-order valence-electron chi connectivity index (χ4n) is 5.83. The average Bonchev–Trinajstić information content (AvgIpc) is 3.06. The lowest BCUT2D eigenvalue weighted by Gasteiger charge is -2.47. The number of hydrogen-bond acceptors (Lipinski definition) is 5. The molecule has 0 bridgehead atoms. The van der Waals surface area contributed by atoms with Gasteiger partial charge in [-0.15, -0.1) is 0 Å². The van der Waals surface area contributed by atoms with Crippen LogP contribution in [0.3, 0.4) is 0 Å². The van der Waals surface area contributed by atoms with Gasteiger partial charge in [0.2, 0.25) is 11.8 Å². The molecule has 1 unspecified atom stereocenters. The summed E-state index contributed by atoms with van der Waals surface area (Å²) < 4.78 is 0. The predicted octanol–water partition coefficient (Wildman–Crippen LogP) is 2.92. The molecule has 3 rings (SSSR count). The quantitative estimate of drug-likeness (QED) is 0.567. The fraction of sp³-hybridized carbons (Fsp3) is 0.769. The molecule has 8 nitrogen and oxygen atoms in total. The molecule has 0 aromatic heterocycles. The summed E-state index contributed by atoms with van der Waals surface area (Å²) in [4.78, 5) is 45.6. The molecule has 190 valence electrons. The number of aliphatic carboxylic acids is 1. The molecule has 2 fully saturated rings. The van der Waals surface area contributed by atoms with Crippen LogP contribution < -0.4 is 10.6 Å². The lowest BCUT2D eigenvalue weighted by Crippen LogP contribution is -2.60. The molecule has 0 aromatic rings. The van der Waals surface area contributed by atoms with Gasteiger partial charge in [-0.05, 0) is 64.9 Å². The monoisotopic (exact) mass is 474 g/mol. The maximum Gasteiger partial charge on any atom is 0.311 e. The zero-order valence-electron chi connectivity index (χ0n) is 21.8. The zero-order chi connectivity index (χ0) is 25.5. The maximum absolute atomic E-state index is 13.4. The molecule has 5 atom stereocenters. The summed E-state index contributed by atoms with van der Waals surface area (Å²) in [6, 6.07) is -0.977. The van der Waals surface area contributed by atoms with Gasteiger partial charge in [-0.2, -0.15) is 0 Å². The van der Waals surface area contributed by atoms with Crippen molar-refractivity contribution in [3.8, 4) is 0 Å². The smallest absolute Gasteiger partial charge is 0.311 e. The number of likely N-dealkylation sites (tertiary alicyclic amines) is 1. The Balaban J connectivity index is 1.75. The first-order chi connectivity index (χ1) is 15.6. The van der Waals surface area contributed by atoms with Crippen molar-refractivity contribution >= 4 is 24.0 Å². The van der Waals surface area contributed by atoms with E-state index in [0.717, 1.165) is 6.42 Å². The van der Waals surface area contributed by atoms with Gasteiger partial charge in [-0.25, -0.2) is 0 Å². The molecule has 2 aliphatic heterocycles. The van der Waals surface area contributed by atoms with Gasteiger partial charge in [0.05, 0.1) is 5.41 Å². The third-order valence-corrected chi connectivity index (χ3v) is 7.79. The predicted molar refractivity (Wildman–Crippen MR) is 133 cm³/mol. The SMILES string of the molecule is CC(C)(C)N[C@@H]1CC[C@H](N2CC[C@H](NC(=O)C3(C(C)(C)C)CC=CC=N3)C2=O)[C@](C)(C(=O)O)C1. The van der Waals surface area contributed by atoms with Crippen LogP contribution >= 0.6 is 0 Å². The fourth-order valence-corrected chi connectivity index (χ4v) is 5.83. The largest absolute Gasteiger partial charge is 0.481 e. The number of nitrogens with zero attached hydrogens (tertiary/aromatic N) is 2. The van der Waals surface area contributed by atoms with E-state index in [9.17, 15) is 19.5 Å². The van der Waals surface area contributed by atoms with Crippen LogP contribution in [0.25, 0.3) is 0 Å². The number of rotatable bonds is 5. The molecule has 2 heterocycles. The van der Waals surface area contributed by atoms with Crippen molar-refractivity contribution in [2.24, 2.45) is 15.8 Å². The van der Waals surface area contributed by atoms with Crippen LogP contribution in [0.1, 0.15) is 80.6 Å². The molecule has 1 aliphatic carbocycles. The number of carboxylic acid groups (broad SMARTS) is 1. The zero-order valence-corrected chi connectivity index (χ0v) is 21.8.